The van der Waals surface area contributed by atoms with Crippen LogP contribution in [-0.4, -0.2) is 19.5 Å². The number of carbonyl (C=O) groups excluding carboxylic acids is 1. The highest BCUT2D eigenvalue weighted by Gasteiger charge is 1.89. The minimum absolute atomic E-state index is 0.259. The van der Waals surface area contributed by atoms with E-state index in [1.807, 2.05) is 0 Å². The summed E-state index contributed by atoms with van der Waals surface area (Å²) in [4.78, 5) is 9.85. The van der Waals surface area contributed by atoms with Crippen LogP contribution in [0, 0.1) is 0 Å². The first-order valence-corrected chi connectivity index (χ1v) is 4.93. The average Bonchev–Trinajstić information content (AvgIpc) is 2.10. The van der Waals surface area contributed by atoms with Crippen molar-refractivity contribution in [2.75, 3.05) is 13.2 Å². The molecule has 0 radical (unpaired) electrons. The third-order valence-corrected chi connectivity index (χ3v) is 1.83. The highest BCUT2D eigenvalue weighted by Crippen LogP contribution is 2.04. The summed E-state index contributed by atoms with van der Waals surface area (Å²) < 4.78 is 5.02. The van der Waals surface area contributed by atoms with E-state index in [9.17, 15) is 4.79 Å². The average molecular weight is 172 g/mol. The minimum Gasteiger partial charge on any atom is -0.374 e. The molecule has 12 heavy (non-hydrogen) atoms. The summed E-state index contributed by atoms with van der Waals surface area (Å²) in [5.41, 5.74) is 0. The van der Waals surface area contributed by atoms with Gasteiger partial charge in [0.05, 0.1) is 0 Å². The molecule has 0 N–H and O–H groups in total. The van der Waals surface area contributed by atoms with Crippen molar-refractivity contribution >= 4 is 6.29 Å². The van der Waals surface area contributed by atoms with Crippen LogP contribution in [0.1, 0.15) is 45.4 Å². The second-order valence-electron chi connectivity index (χ2n) is 3.01. The molecule has 0 saturated heterocycles. The van der Waals surface area contributed by atoms with Crippen molar-refractivity contribution in [2.45, 2.75) is 45.4 Å². The first kappa shape index (κ1) is 11.6. The van der Waals surface area contributed by atoms with Gasteiger partial charge in [0.15, 0.2) is 0 Å². The molecule has 0 amide bonds. The maximum Gasteiger partial charge on any atom is 0.145 e. The van der Waals surface area contributed by atoms with Crippen molar-refractivity contribution in [3.8, 4) is 0 Å². The van der Waals surface area contributed by atoms with Crippen LogP contribution < -0.4 is 0 Å². The van der Waals surface area contributed by atoms with Crippen molar-refractivity contribution in [1.82, 2.24) is 0 Å². The molecule has 0 aliphatic carbocycles. The molecule has 0 aromatic heterocycles. The molecule has 0 atom stereocenters. The molecular formula is C10H20O2. The number of hydrogen-bond donors (Lipinski definition) is 0. The molecule has 0 aromatic carbocycles. The van der Waals surface area contributed by atoms with Crippen LogP contribution in [0.4, 0.5) is 0 Å². The van der Waals surface area contributed by atoms with Gasteiger partial charge in [0, 0.05) is 6.61 Å². The number of rotatable bonds is 9. The Morgan fingerprint density at radius 3 is 2.42 bits per heavy atom. The van der Waals surface area contributed by atoms with Crippen LogP contribution in [0.5, 0.6) is 0 Å². The summed E-state index contributed by atoms with van der Waals surface area (Å²) in [7, 11) is 0. The molecule has 0 bridgehead atoms. The van der Waals surface area contributed by atoms with Gasteiger partial charge in [-0.3, -0.25) is 0 Å². The molecule has 0 aromatic rings. The lowest BCUT2D eigenvalue weighted by atomic mass is 10.1. The zero-order valence-electron chi connectivity index (χ0n) is 8.05. The molecule has 0 fully saturated rings. The normalized spacial score (nSPS) is 10.1. The lowest BCUT2D eigenvalue weighted by Crippen LogP contribution is -1.97. The summed E-state index contributed by atoms with van der Waals surface area (Å²) in [5.74, 6) is 0. The number of unbranched alkanes of at least 4 members (excludes halogenated alkanes) is 5. The van der Waals surface area contributed by atoms with E-state index in [1.165, 1.54) is 32.1 Å². The number of aldehydes is 1. The van der Waals surface area contributed by atoms with Gasteiger partial charge < -0.3 is 9.53 Å². The zero-order valence-corrected chi connectivity index (χ0v) is 8.05. The summed E-state index contributed by atoms with van der Waals surface area (Å²) in [5, 5.41) is 0. The van der Waals surface area contributed by atoms with Crippen LogP contribution >= 0.6 is 0 Å². The number of hydrogen-bond acceptors (Lipinski definition) is 2. The molecular weight excluding hydrogens is 152 g/mol. The third-order valence-electron chi connectivity index (χ3n) is 1.83. The van der Waals surface area contributed by atoms with Crippen molar-refractivity contribution in [3.05, 3.63) is 0 Å². The Balaban J connectivity index is 2.77. The van der Waals surface area contributed by atoms with Gasteiger partial charge in [-0.1, -0.05) is 39.0 Å². The molecule has 0 rings (SSSR count). The molecule has 2 heteroatoms. The second-order valence-corrected chi connectivity index (χ2v) is 3.01. The summed E-state index contributed by atoms with van der Waals surface area (Å²) >= 11 is 0. The molecule has 0 spiro atoms. The van der Waals surface area contributed by atoms with Crippen molar-refractivity contribution in [2.24, 2.45) is 0 Å². The fourth-order valence-electron chi connectivity index (χ4n) is 1.12. The molecule has 0 unspecified atom stereocenters. The largest absolute Gasteiger partial charge is 0.374 e. The van der Waals surface area contributed by atoms with E-state index in [2.05, 4.69) is 6.92 Å². The van der Waals surface area contributed by atoms with Crippen LogP contribution in [0.2, 0.25) is 0 Å². The molecule has 0 heterocycles. The van der Waals surface area contributed by atoms with Gasteiger partial charge in [-0.2, -0.15) is 0 Å². The lowest BCUT2D eigenvalue weighted by Gasteiger charge is -2.00. The SMILES string of the molecule is CCCCCCCCOCC=O. The highest BCUT2D eigenvalue weighted by atomic mass is 16.5. The molecule has 72 valence electrons. The Morgan fingerprint density at radius 2 is 1.75 bits per heavy atom. The van der Waals surface area contributed by atoms with Crippen LogP contribution in [0.25, 0.3) is 0 Å². The van der Waals surface area contributed by atoms with Gasteiger partial charge in [0.2, 0.25) is 0 Å². The van der Waals surface area contributed by atoms with E-state index in [4.69, 9.17) is 4.74 Å². The topological polar surface area (TPSA) is 26.3 Å². The van der Waals surface area contributed by atoms with Crippen LogP contribution in [0.3, 0.4) is 0 Å². The Hall–Kier alpha value is -0.370. The van der Waals surface area contributed by atoms with E-state index in [0.717, 1.165) is 19.3 Å². The maximum atomic E-state index is 9.85. The third kappa shape index (κ3) is 9.63. The van der Waals surface area contributed by atoms with Gasteiger partial charge >= 0.3 is 0 Å². The molecule has 0 saturated carbocycles. The first-order valence-electron chi connectivity index (χ1n) is 4.93. The smallest absolute Gasteiger partial charge is 0.145 e. The molecule has 0 aliphatic rings. The van der Waals surface area contributed by atoms with E-state index >= 15 is 0 Å². The Kier molecular flexibility index (Phi) is 10.3. The van der Waals surface area contributed by atoms with Gasteiger partial charge in [-0.05, 0) is 6.42 Å². The van der Waals surface area contributed by atoms with Gasteiger partial charge in [0.1, 0.15) is 12.9 Å². The van der Waals surface area contributed by atoms with Crippen molar-refractivity contribution in [1.29, 1.82) is 0 Å². The highest BCUT2D eigenvalue weighted by molar-refractivity contribution is 5.50. The fourth-order valence-corrected chi connectivity index (χ4v) is 1.12. The molecule has 0 aliphatic heterocycles. The van der Waals surface area contributed by atoms with Crippen LogP contribution in [-0.2, 0) is 9.53 Å². The number of carbonyl (C=O) groups is 1. The standard InChI is InChI=1S/C10H20O2/c1-2-3-4-5-6-7-9-12-10-8-11/h8H,2-7,9-10H2,1H3. The predicted octanol–water partition coefficient (Wildman–Crippen LogP) is 2.56. The Labute approximate surface area is 75.3 Å². The van der Waals surface area contributed by atoms with Gasteiger partial charge in [-0.25, -0.2) is 0 Å². The summed E-state index contributed by atoms with van der Waals surface area (Å²) in [6.45, 7) is 3.22. The lowest BCUT2D eigenvalue weighted by molar-refractivity contribution is -0.111. The van der Waals surface area contributed by atoms with Gasteiger partial charge in [-0.15, -0.1) is 0 Å². The number of ether oxygens (including phenoxy) is 1. The maximum absolute atomic E-state index is 9.85. The van der Waals surface area contributed by atoms with E-state index in [1.54, 1.807) is 0 Å². The molecule has 2 nitrogen and oxygen atoms in total. The van der Waals surface area contributed by atoms with Crippen molar-refractivity contribution < 1.29 is 9.53 Å². The van der Waals surface area contributed by atoms with Gasteiger partial charge in [0.25, 0.3) is 0 Å². The van der Waals surface area contributed by atoms with E-state index in [-0.39, 0.29) is 6.61 Å². The van der Waals surface area contributed by atoms with Crippen molar-refractivity contribution in [3.63, 3.8) is 0 Å². The van der Waals surface area contributed by atoms with E-state index in [0.29, 0.717) is 0 Å². The van der Waals surface area contributed by atoms with E-state index < -0.39 is 0 Å². The second kappa shape index (κ2) is 10.6. The predicted molar refractivity (Wildman–Crippen MR) is 50.3 cm³/mol. The Morgan fingerprint density at radius 1 is 1.08 bits per heavy atom. The summed E-state index contributed by atoms with van der Waals surface area (Å²) in [6, 6.07) is 0. The monoisotopic (exact) mass is 172 g/mol. The Bertz CT molecular complexity index is 91.8. The quantitative estimate of drug-likeness (QED) is 0.394. The fraction of sp³-hybridized carbons (Fsp3) is 0.900. The minimum atomic E-state index is 0.259. The zero-order chi connectivity index (χ0) is 9.07. The summed E-state index contributed by atoms with van der Waals surface area (Å²) in [6.07, 6.45) is 8.41. The van der Waals surface area contributed by atoms with Crippen LogP contribution in [0.15, 0.2) is 0 Å². The first-order chi connectivity index (χ1) is 5.91.